The quantitative estimate of drug-likeness (QED) is 0.744. The van der Waals surface area contributed by atoms with E-state index in [9.17, 15) is 0 Å². The van der Waals surface area contributed by atoms with Crippen molar-refractivity contribution in [2.45, 2.75) is 26.8 Å². The van der Waals surface area contributed by atoms with Gasteiger partial charge < -0.3 is 10.1 Å². The molecule has 1 atom stereocenters. The molecular formula is C12H19NO. The van der Waals surface area contributed by atoms with E-state index in [1.165, 1.54) is 0 Å². The largest absolute Gasteiger partial charge is 0.489 e. The molecule has 2 nitrogen and oxygen atoms in total. The monoisotopic (exact) mass is 193 g/mol. The van der Waals surface area contributed by atoms with Gasteiger partial charge in [0.2, 0.25) is 0 Å². The highest BCUT2D eigenvalue weighted by Crippen LogP contribution is 2.17. The van der Waals surface area contributed by atoms with E-state index in [-0.39, 0.29) is 0 Å². The Labute approximate surface area is 86.3 Å². The lowest BCUT2D eigenvalue weighted by Crippen LogP contribution is -2.40. The van der Waals surface area contributed by atoms with E-state index in [1.54, 1.807) is 0 Å². The Morgan fingerprint density at radius 1 is 1.57 bits per heavy atom. The first kappa shape index (κ1) is 10.9. The Hall–Kier alpha value is -1.18. The van der Waals surface area contributed by atoms with Crippen LogP contribution in [0.4, 0.5) is 0 Å². The summed E-state index contributed by atoms with van der Waals surface area (Å²) in [7, 11) is 0. The summed E-state index contributed by atoms with van der Waals surface area (Å²) in [6.07, 6.45) is 5.74. The predicted octanol–water partition coefficient (Wildman–Crippen LogP) is 2.60. The van der Waals surface area contributed by atoms with Crippen LogP contribution in [0.1, 0.15) is 20.8 Å². The maximum Gasteiger partial charge on any atom is 0.142 e. The molecule has 1 aliphatic rings. The van der Waals surface area contributed by atoms with Gasteiger partial charge in [0, 0.05) is 0 Å². The fraction of sp³-hybridized carbons (Fsp3) is 0.500. The first-order valence-electron chi connectivity index (χ1n) is 5.07. The van der Waals surface area contributed by atoms with Gasteiger partial charge in [-0.25, -0.2) is 0 Å². The van der Waals surface area contributed by atoms with Crippen LogP contribution in [0.25, 0.3) is 0 Å². The molecular weight excluding hydrogens is 174 g/mol. The van der Waals surface area contributed by atoms with Crippen molar-refractivity contribution in [1.29, 1.82) is 0 Å². The van der Waals surface area contributed by atoms with Crippen molar-refractivity contribution in [3.8, 4) is 0 Å². The van der Waals surface area contributed by atoms with Gasteiger partial charge in [-0.05, 0) is 25.0 Å². The molecule has 0 fully saturated rings. The topological polar surface area (TPSA) is 21.3 Å². The third-order valence-corrected chi connectivity index (χ3v) is 2.35. The Bertz CT molecular complexity index is 263. The van der Waals surface area contributed by atoms with Crippen LogP contribution in [0, 0.1) is 5.92 Å². The molecule has 0 aromatic carbocycles. The molecule has 0 amide bonds. The third-order valence-electron chi connectivity index (χ3n) is 2.35. The van der Waals surface area contributed by atoms with Gasteiger partial charge >= 0.3 is 0 Å². The van der Waals surface area contributed by atoms with Crippen LogP contribution in [-0.4, -0.2) is 12.6 Å². The van der Waals surface area contributed by atoms with Gasteiger partial charge in [0.1, 0.15) is 12.4 Å². The van der Waals surface area contributed by atoms with E-state index in [1.807, 2.05) is 25.2 Å². The zero-order valence-electron chi connectivity index (χ0n) is 9.21. The number of rotatable bonds is 3. The predicted molar refractivity (Wildman–Crippen MR) is 59.8 cm³/mol. The van der Waals surface area contributed by atoms with Crippen molar-refractivity contribution in [1.82, 2.24) is 5.32 Å². The lowest BCUT2D eigenvalue weighted by molar-refractivity contribution is 0.148. The summed E-state index contributed by atoms with van der Waals surface area (Å²) in [6, 6.07) is 0.386. The van der Waals surface area contributed by atoms with Crippen molar-refractivity contribution in [2.24, 2.45) is 5.92 Å². The molecule has 0 spiro atoms. The highest BCUT2D eigenvalue weighted by Gasteiger charge is 2.20. The summed E-state index contributed by atoms with van der Waals surface area (Å²) in [4.78, 5) is 0. The van der Waals surface area contributed by atoms with E-state index in [0.717, 1.165) is 18.1 Å². The fourth-order valence-electron chi connectivity index (χ4n) is 1.38. The second kappa shape index (κ2) is 4.89. The number of hydrogen-bond donors (Lipinski definition) is 1. The Morgan fingerprint density at radius 2 is 2.29 bits per heavy atom. The van der Waals surface area contributed by atoms with Crippen LogP contribution in [0.2, 0.25) is 0 Å². The van der Waals surface area contributed by atoms with E-state index < -0.39 is 0 Å². The smallest absolute Gasteiger partial charge is 0.142 e. The molecule has 0 unspecified atom stereocenters. The maximum atomic E-state index is 5.65. The second-order valence-electron chi connectivity index (χ2n) is 3.79. The van der Waals surface area contributed by atoms with Crippen molar-refractivity contribution in [2.75, 3.05) is 6.61 Å². The van der Waals surface area contributed by atoms with Gasteiger partial charge in [0.25, 0.3) is 0 Å². The molecule has 78 valence electrons. The molecule has 1 heterocycles. The van der Waals surface area contributed by atoms with Crippen LogP contribution >= 0.6 is 0 Å². The van der Waals surface area contributed by atoms with Crippen molar-refractivity contribution < 1.29 is 4.74 Å². The molecule has 0 aliphatic carbocycles. The Morgan fingerprint density at radius 3 is 2.79 bits per heavy atom. The lowest BCUT2D eigenvalue weighted by atomic mass is 10.0. The molecule has 0 radical (unpaired) electrons. The standard InChI is InChI=1S/C12H19NO/c1-5-7-12-10(6-2)13-11(8-14-12)9(3)4/h5-7,9,11,13H,2,8H2,1,3-4H3/b7-5-/t11-/m1/s1. The summed E-state index contributed by atoms with van der Waals surface area (Å²) in [5.74, 6) is 1.46. The minimum atomic E-state index is 0.386. The van der Waals surface area contributed by atoms with Crippen molar-refractivity contribution in [3.63, 3.8) is 0 Å². The summed E-state index contributed by atoms with van der Waals surface area (Å²) >= 11 is 0. The molecule has 2 heteroatoms. The molecule has 0 bridgehead atoms. The van der Waals surface area contributed by atoms with Crippen LogP contribution in [-0.2, 0) is 4.74 Å². The van der Waals surface area contributed by atoms with Crippen molar-refractivity contribution >= 4 is 0 Å². The molecule has 0 saturated carbocycles. The molecule has 0 aromatic rings. The van der Waals surface area contributed by atoms with Crippen LogP contribution < -0.4 is 5.32 Å². The molecule has 1 rings (SSSR count). The SMILES string of the molecule is C=CC1=C(/C=C\C)OC[C@H](C(C)C)N1. The molecule has 0 aromatic heterocycles. The molecule has 1 aliphatic heterocycles. The van der Waals surface area contributed by atoms with Crippen LogP contribution in [0.3, 0.4) is 0 Å². The Balaban J connectivity index is 2.80. The third kappa shape index (κ3) is 2.41. The Kier molecular flexibility index (Phi) is 3.81. The van der Waals surface area contributed by atoms with Crippen molar-refractivity contribution in [3.05, 3.63) is 36.3 Å². The van der Waals surface area contributed by atoms with E-state index in [0.29, 0.717) is 12.0 Å². The van der Waals surface area contributed by atoms with E-state index in [4.69, 9.17) is 4.74 Å². The zero-order chi connectivity index (χ0) is 10.6. The first-order valence-corrected chi connectivity index (χ1v) is 5.07. The number of allylic oxidation sites excluding steroid dienone is 3. The van der Waals surface area contributed by atoms with Gasteiger partial charge in [-0.3, -0.25) is 0 Å². The summed E-state index contributed by atoms with van der Waals surface area (Å²) in [5, 5.41) is 3.42. The van der Waals surface area contributed by atoms with Gasteiger partial charge in [-0.15, -0.1) is 0 Å². The minimum Gasteiger partial charge on any atom is -0.489 e. The maximum absolute atomic E-state index is 5.65. The summed E-state index contributed by atoms with van der Waals surface area (Å²) < 4.78 is 5.65. The number of hydrogen-bond acceptors (Lipinski definition) is 2. The van der Waals surface area contributed by atoms with E-state index >= 15 is 0 Å². The van der Waals surface area contributed by atoms with Gasteiger partial charge in [-0.1, -0.05) is 26.5 Å². The zero-order valence-corrected chi connectivity index (χ0v) is 9.21. The highest BCUT2D eigenvalue weighted by molar-refractivity contribution is 5.28. The van der Waals surface area contributed by atoms with E-state index in [2.05, 4.69) is 25.7 Å². The van der Waals surface area contributed by atoms with Gasteiger partial charge in [-0.2, -0.15) is 0 Å². The molecule has 0 saturated heterocycles. The number of ether oxygens (including phenoxy) is 1. The van der Waals surface area contributed by atoms with Gasteiger partial charge in [0.15, 0.2) is 0 Å². The fourth-order valence-corrected chi connectivity index (χ4v) is 1.38. The van der Waals surface area contributed by atoms with Crippen LogP contribution in [0.15, 0.2) is 36.3 Å². The first-order chi connectivity index (χ1) is 6.69. The normalized spacial score (nSPS) is 22.4. The average molecular weight is 193 g/mol. The highest BCUT2D eigenvalue weighted by atomic mass is 16.5. The number of nitrogens with one attached hydrogen (secondary N) is 1. The van der Waals surface area contributed by atoms with Crippen LogP contribution in [0.5, 0.6) is 0 Å². The minimum absolute atomic E-state index is 0.386. The second-order valence-corrected chi connectivity index (χ2v) is 3.79. The lowest BCUT2D eigenvalue weighted by Gasteiger charge is -2.30. The molecule has 1 N–H and O–H groups in total. The average Bonchev–Trinajstić information content (AvgIpc) is 2.18. The summed E-state index contributed by atoms with van der Waals surface area (Å²) in [5.41, 5.74) is 0.994. The van der Waals surface area contributed by atoms with Gasteiger partial charge in [0.05, 0.1) is 11.7 Å². The molecule has 14 heavy (non-hydrogen) atoms. The summed E-state index contributed by atoms with van der Waals surface area (Å²) in [6.45, 7) is 10.9.